The Balaban J connectivity index is 1.23. The van der Waals surface area contributed by atoms with Crippen molar-refractivity contribution in [2.45, 2.75) is 50.2 Å². The molecule has 4 aliphatic rings. The van der Waals surface area contributed by atoms with Crippen molar-refractivity contribution >= 4 is 50.1 Å². The molecule has 220 valence electrons. The first-order chi connectivity index (χ1) is 20.2. The third kappa shape index (κ3) is 4.91. The van der Waals surface area contributed by atoms with Gasteiger partial charge in [-0.25, -0.2) is 27.9 Å². The predicted molar refractivity (Wildman–Crippen MR) is 158 cm³/mol. The first kappa shape index (κ1) is 27.3. The Bertz CT molecular complexity index is 1700. The van der Waals surface area contributed by atoms with Gasteiger partial charge < -0.3 is 20.3 Å². The van der Waals surface area contributed by atoms with E-state index < -0.39 is 10.0 Å². The van der Waals surface area contributed by atoms with E-state index in [-0.39, 0.29) is 34.5 Å². The summed E-state index contributed by atoms with van der Waals surface area (Å²) in [5.41, 5.74) is 2.36. The van der Waals surface area contributed by atoms with Gasteiger partial charge in [-0.2, -0.15) is 0 Å². The number of thiazole rings is 1. The van der Waals surface area contributed by atoms with E-state index in [0.29, 0.717) is 72.4 Å². The molecule has 1 atom stereocenters. The van der Waals surface area contributed by atoms with Crippen LogP contribution in [0.25, 0.3) is 10.4 Å². The number of nitrogens with one attached hydrogen (secondary N) is 3. The molecule has 7 rings (SSSR count). The maximum Gasteiger partial charge on any atom is 0.323 e. The molecular weight excluding hydrogens is 578 g/mol. The third-order valence-corrected chi connectivity index (χ3v) is 10.9. The zero-order valence-electron chi connectivity index (χ0n) is 23.2. The molecule has 1 aliphatic carbocycles. The Morgan fingerprint density at radius 2 is 1.98 bits per heavy atom. The summed E-state index contributed by atoms with van der Waals surface area (Å²) in [5, 5.41) is 6.58. The fraction of sp³-hybridized carbons (Fsp3) is 0.429. The summed E-state index contributed by atoms with van der Waals surface area (Å²) in [7, 11) is -3.99. The highest BCUT2D eigenvalue weighted by atomic mass is 32.2. The third-order valence-electron chi connectivity index (χ3n) is 8.21. The van der Waals surface area contributed by atoms with Crippen LogP contribution in [-0.4, -0.2) is 73.6 Å². The Morgan fingerprint density at radius 1 is 1.17 bits per heavy atom. The number of aryl methyl sites for hydroxylation is 1. The number of hydrogen-bond acceptors (Lipinski definition) is 9. The number of pyridine rings is 1. The Morgan fingerprint density at radius 3 is 2.67 bits per heavy atom. The maximum atomic E-state index is 13.6. The number of urea groups is 1. The summed E-state index contributed by atoms with van der Waals surface area (Å²) in [5.74, 6) is 1.29. The van der Waals surface area contributed by atoms with Crippen LogP contribution >= 0.6 is 11.3 Å². The van der Waals surface area contributed by atoms with E-state index >= 15 is 0 Å². The second-order valence-corrected chi connectivity index (χ2v) is 13.9. The number of anilines is 3. The number of amides is 3. The number of sulfonamides is 1. The second-order valence-electron chi connectivity index (χ2n) is 11.2. The van der Waals surface area contributed by atoms with Gasteiger partial charge in [0.2, 0.25) is 10.0 Å². The summed E-state index contributed by atoms with van der Waals surface area (Å²) in [6, 6.07) is 8.46. The minimum Gasteiger partial charge on any atom is -0.378 e. The van der Waals surface area contributed by atoms with E-state index in [9.17, 15) is 18.0 Å². The average Bonchev–Trinajstić information content (AvgIpc) is 3.48. The van der Waals surface area contributed by atoms with Gasteiger partial charge >= 0.3 is 6.03 Å². The Hall–Kier alpha value is -3.59. The van der Waals surface area contributed by atoms with E-state index in [2.05, 4.69) is 25.3 Å². The first-order valence-corrected chi connectivity index (χ1v) is 16.3. The van der Waals surface area contributed by atoms with Crippen LogP contribution in [0.15, 0.2) is 35.2 Å². The number of benzene rings is 1. The van der Waals surface area contributed by atoms with Crippen molar-refractivity contribution < 1.29 is 22.7 Å². The van der Waals surface area contributed by atoms with Gasteiger partial charge in [0.1, 0.15) is 11.6 Å². The fourth-order valence-corrected chi connectivity index (χ4v) is 8.12. The number of rotatable bonds is 9. The lowest BCUT2D eigenvalue weighted by molar-refractivity contribution is 0.00481. The minimum atomic E-state index is -3.99. The smallest absolute Gasteiger partial charge is 0.323 e. The number of carbonyl (C=O) groups is 2. The topological polar surface area (TPSA) is 146 Å². The van der Waals surface area contributed by atoms with Crippen molar-refractivity contribution in [1.29, 1.82) is 0 Å². The number of carbonyl (C=O) groups excluding carboxylic acids is 2. The van der Waals surface area contributed by atoms with Crippen LogP contribution in [0.3, 0.4) is 0 Å². The lowest BCUT2D eigenvalue weighted by atomic mass is 10.0. The maximum absolute atomic E-state index is 13.6. The lowest BCUT2D eigenvalue weighted by Crippen LogP contribution is -2.48. The summed E-state index contributed by atoms with van der Waals surface area (Å²) >= 11 is 1.37. The van der Waals surface area contributed by atoms with Crippen molar-refractivity contribution in [3.8, 4) is 10.4 Å². The van der Waals surface area contributed by atoms with E-state index in [1.54, 1.807) is 23.1 Å². The van der Waals surface area contributed by atoms with Gasteiger partial charge in [0.05, 0.1) is 40.3 Å². The van der Waals surface area contributed by atoms with Crippen molar-refractivity contribution in [3.05, 3.63) is 47.2 Å². The van der Waals surface area contributed by atoms with Crippen molar-refractivity contribution in [3.63, 3.8) is 0 Å². The molecule has 12 nitrogen and oxygen atoms in total. The van der Waals surface area contributed by atoms with E-state index in [1.807, 2.05) is 30.9 Å². The zero-order chi connectivity index (χ0) is 29.2. The molecule has 1 aromatic carbocycles. The summed E-state index contributed by atoms with van der Waals surface area (Å²) in [4.78, 5) is 39.2. The lowest BCUT2D eigenvalue weighted by Gasteiger charge is -2.27. The van der Waals surface area contributed by atoms with E-state index in [4.69, 9.17) is 4.74 Å². The molecular formula is C28H31N7O5S2. The van der Waals surface area contributed by atoms with Gasteiger partial charge in [0.15, 0.2) is 5.13 Å². The number of aromatic nitrogens is 2. The van der Waals surface area contributed by atoms with Crippen LogP contribution in [0.2, 0.25) is 0 Å². The molecule has 3 amide bonds. The minimum absolute atomic E-state index is 0.00189. The second kappa shape index (κ2) is 10.3. The largest absolute Gasteiger partial charge is 0.378 e. The number of hydrogen-bond donors (Lipinski definition) is 3. The molecule has 42 heavy (non-hydrogen) atoms. The first-order valence-electron chi connectivity index (χ1n) is 14.0. The molecule has 2 saturated heterocycles. The van der Waals surface area contributed by atoms with Crippen molar-refractivity contribution in [2.75, 3.05) is 36.5 Å². The highest BCUT2D eigenvalue weighted by molar-refractivity contribution is 7.89. The molecule has 3 fully saturated rings. The standard InChI is InChI=1S/C28H31N7O5S2/c1-15-25(41-27(30-15)32-22-4-3-5-23(31-22)34-9-8-29-28(34)37)18-10-19-12-35(16(2)17-6-7-17)26(36)24(19)21(11-18)42(38,39)33-20-13-40-14-20/h3-5,10-11,16-17,20,33H,6-9,12-14H2,1-2H3,(H,29,37)(H,30,31,32)/t16-/m0/s1. The van der Waals surface area contributed by atoms with Gasteiger partial charge in [0.25, 0.3) is 5.91 Å². The van der Waals surface area contributed by atoms with Gasteiger partial charge in [0, 0.05) is 25.7 Å². The SMILES string of the molecule is Cc1nc(Nc2cccc(N3CCNC3=O)n2)sc1-c1cc2c(c(S(=O)(=O)NC3COC3)c1)C(=O)N([C@@H](C)C1CC1)C2. The van der Waals surface area contributed by atoms with Crippen LogP contribution in [0.1, 0.15) is 41.4 Å². The molecule has 1 saturated carbocycles. The molecule has 0 spiro atoms. The molecule has 2 aromatic heterocycles. The fourth-order valence-electron chi connectivity index (χ4n) is 5.69. The average molecular weight is 610 g/mol. The normalized spacial score (nSPS) is 19.6. The highest BCUT2D eigenvalue weighted by Gasteiger charge is 2.42. The van der Waals surface area contributed by atoms with Crippen LogP contribution in [0.4, 0.5) is 21.6 Å². The van der Waals surface area contributed by atoms with Crippen LogP contribution < -0.4 is 20.3 Å². The Kier molecular flexibility index (Phi) is 6.68. The quantitative estimate of drug-likeness (QED) is 0.335. The Labute approximate surface area is 247 Å². The van der Waals surface area contributed by atoms with Crippen molar-refractivity contribution in [2.24, 2.45) is 5.92 Å². The van der Waals surface area contributed by atoms with E-state index in [0.717, 1.165) is 17.7 Å². The molecule has 5 heterocycles. The summed E-state index contributed by atoms with van der Waals surface area (Å²) in [6.07, 6.45) is 2.17. The highest BCUT2D eigenvalue weighted by Crippen LogP contribution is 2.42. The predicted octanol–water partition coefficient (Wildman–Crippen LogP) is 3.22. The molecule has 3 N–H and O–H groups in total. The van der Waals surface area contributed by atoms with Crippen LogP contribution in [-0.2, 0) is 21.3 Å². The summed E-state index contributed by atoms with van der Waals surface area (Å²) < 4.78 is 35.2. The molecule has 3 aromatic rings. The number of ether oxygens (including phenoxy) is 1. The van der Waals surface area contributed by atoms with Crippen molar-refractivity contribution in [1.82, 2.24) is 24.9 Å². The molecule has 0 radical (unpaired) electrons. The molecule has 0 unspecified atom stereocenters. The van der Waals surface area contributed by atoms with Gasteiger partial charge in [-0.3, -0.25) is 9.69 Å². The van der Waals surface area contributed by atoms with Gasteiger partial charge in [-0.1, -0.05) is 17.4 Å². The van der Waals surface area contributed by atoms with Crippen LogP contribution in [0, 0.1) is 12.8 Å². The molecule has 14 heteroatoms. The number of fused-ring (bicyclic) bond motifs is 1. The van der Waals surface area contributed by atoms with Gasteiger partial charge in [-0.05, 0) is 68.0 Å². The number of nitrogens with zero attached hydrogens (tertiary/aromatic N) is 4. The molecule has 0 bridgehead atoms. The monoisotopic (exact) mass is 609 g/mol. The molecule has 3 aliphatic heterocycles. The van der Waals surface area contributed by atoms with Crippen LogP contribution in [0.5, 0.6) is 0 Å². The summed E-state index contributed by atoms with van der Waals surface area (Å²) in [6.45, 7) is 6.01. The van der Waals surface area contributed by atoms with E-state index in [1.165, 1.54) is 11.3 Å². The zero-order valence-corrected chi connectivity index (χ0v) is 24.8. The van der Waals surface area contributed by atoms with Gasteiger partial charge in [-0.15, -0.1) is 0 Å².